The number of alkyl halides is 1. The molecule has 0 radical (unpaired) electrons. The molecule has 0 aromatic heterocycles. The molecule has 1 heterocycles. The first-order valence-corrected chi connectivity index (χ1v) is 11.6. The highest BCUT2D eigenvalue weighted by Gasteiger charge is 2.52. The number of ether oxygens (including phenoxy) is 6. The summed E-state index contributed by atoms with van der Waals surface area (Å²) in [5.74, 6) is -0.732. The molecular weight excluding hydrogens is 475 g/mol. The van der Waals surface area contributed by atoms with E-state index < -0.39 is 55.3 Å². The van der Waals surface area contributed by atoms with Crippen LogP contribution in [0, 0.1) is 5.92 Å². The maximum absolute atomic E-state index is 15.3. The molecule has 0 amide bonds. The highest BCUT2D eigenvalue weighted by Crippen LogP contribution is 2.33. The molecule has 0 bridgehead atoms. The van der Waals surface area contributed by atoms with Crippen LogP contribution in [0.1, 0.15) is 32.8 Å². The van der Waals surface area contributed by atoms with Crippen molar-refractivity contribution in [1.29, 1.82) is 0 Å². The summed E-state index contributed by atoms with van der Waals surface area (Å²) in [5, 5.41) is 0. The van der Waals surface area contributed by atoms with Gasteiger partial charge in [0.05, 0.1) is 7.11 Å². The van der Waals surface area contributed by atoms with Gasteiger partial charge in [0, 0.05) is 20.8 Å². The van der Waals surface area contributed by atoms with E-state index >= 15 is 4.39 Å². The van der Waals surface area contributed by atoms with E-state index in [0.29, 0.717) is 12.2 Å². The van der Waals surface area contributed by atoms with Gasteiger partial charge in [0.1, 0.15) is 24.2 Å². The lowest BCUT2D eigenvalue weighted by molar-refractivity contribution is -0.275. The van der Waals surface area contributed by atoms with Crippen LogP contribution < -0.4 is 4.74 Å². The van der Waals surface area contributed by atoms with E-state index in [1.165, 1.54) is 6.92 Å². The third kappa shape index (κ3) is 7.30. The summed E-state index contributed by atoms with van der Waals surface area (Å²) in [4.78, 5) is 34.9. The predicted molar refractivity (Wildman–Crippen MR) is 124 cm³/mol. The van der Waals surface area contributed by atoms with Crippen LogP contribution in [0.2, 0.25) is 0 Å². The second kappa shape index (κ2) is 12.5. The van der Waals surface area contributed by atoms with Crippen molar-refractivity contribution in [3.8, 4) is 5.75 Å². The fourth-order valence-electron chi connectivity index (χ4n) is 4.08. The zero-order valence-electron chi connectivity index (χ0n) is 20.7. The topological polar surface area (TPSA) is 107 Å². The number of para-hydroxylation sites is 1. The van der Waals surface area contributed by atoms with Crippen molar-refractivity contribution in [2.45, 2.75) is 64.4 Å². The van der Waals surface area contributed by atoms with Gasteiger partial charge in [-0.2, -0.15) is 0 Å². The summed E-state index contributed by atoms with van der Waals surface area (Å²) in [6, 6.07) is 7.23. The van der Waals surface area contributed by atoms with Crippen LogP contribution in [-0.2, 0) is 44.5 Å². The maximum Gasteiger partial charge on any atom is 0.303 e. The second-order valence-corrected chi connectivity index (χ2v) is 8.53. The maximum atomic E-state index is 15.3. The minimum absolute atomic E-state index is 0.186. The largest absolute Gasteiger partial charge is 0.497 e. The molecule has 1 aromatic carbocycles. The van der Waals surface area contributed by atoms with E-state index in [9.17, 15) is 14.4 Å². The predicted octanol–water partition coefficient (Wildman–Crippen LogP) is 3.20. The average Bonchev–Trinajstić information content (AvgIpc) is 2.83. The molecule has 36 heavy (non-hydrogen) atoms. The monoisotopic (exact) mass is 506 g/mol. The summed E-state index contributed by atoms with van der Waals surface area (Å²) in [6.07, 6.45) is -0.177. The molecular formula is C26H31FO9. The number of rotatable bonds is 9. The standard InChI is InChI=1S/C26H31FO9/c1-15(28)32-14-22-23(27)24(33-16(2)29)25(34-17(3)30)26(36-22)35-21-8-6-5-7-19(21)13-18-9-11-20(31-4)12-10-18/h5-9,11-12,18,22-26H,10,13-14H2,1-4H3. The van der Waals surface area contributed by atoms with Crippen LogP contribution in [0.4, 0.5) is 4.39 Å². The molecule has 2 aliphatic rings. The van der Waals surface area contributed by atoms with Gasteiger partial charge in [0.25, 0.3) is 0 Å². The first-order valence-electron chi connectivity index (χ1n) is 11.6. The van der Waals surface area contributed by atoms with Crippen LogP contribution in [0.25, 0.3) is 0 Å². The summed E-state index contributed by atoms with van der Waals surface area (Å²) in [6.45, 7) is 2.99. The Hall–Kier alpha value is -3.40. The van der Waals surface area contributed by atoms with Crippen molar-refractivity contribution in [3.05, 3.63) is 53.8 Å². The van der Waals surface area contributed by atoms with Crippen LogP contribution in [0.15, 0.2) is 48.3 Å². The molecule has 0 saturated carbocycles. The number of hydrogen-bond acceptors (Lipinski definition) is 9. The number of halogens is 1. The molecule has 1 fully saturated rings. The summed E-state index contributed by atoms with van der Waals surface area (Å²) in [7, 11) is 1.61. The van der Waals surface area contributed by atoms with Crippen LogP contribution in [-0.4, -0.2) is 62.4 Å². The molecule has 1 aromatic rings. The number of benzene rings is 1. The van der Waals surface area contributed by atoms with Gasteiger partial charge in [0.2, 0.25) is 12.4 Å². The van der Waals surface area contributed by atoms with Crippen LogP contribution >= 0.6 is 0 Å². The molecule has 3 rings (SSSR count). The van der Waals surface area contributed by atoms with Gasteiger partial charge in [-0.15, -0.1) is 0 Å². The van der Waals surface area contributed by atoms with Crippen molar-refractivity contribution >= 4 is 17.9 Å². The van der Waals surface area contributed by atoms with E-state index in [1.807, 2.05) is 30.4 Å². The minimum atomic E-state index is -1.94. The lowest BCUT2D eigenvalue weighted by Gasteiger charge is -2.42. The zero-order chi connectivity index (χ0) is 26.2. The Labute approximate surface area is 209 Å². The molecule has 6 atom stereocenters. The number of carbonyl (C=O) groups is 3. The molecule has 1 aliphatic carbocycles. The van der Waals surface area contributed by atoms with E-state index in [4.69, 9.17) is 28.4 Å². The van der Waals surface area contributed by atoms with Crippen molar-refractivity contribution in [2.24, 2.45) is 5.92 Å². The molecule has 9 nitrogen and oxygen atoms in total. The summed E-state index contributed by atoms with van der Waals surface area (Å²) < 4.78 is 47.9. The normalized spacial score (nSPS) is 27.4. The molecule has 6 unspecified atom stereocenters. The Morgan fingerprint density at radius 2 is 1.72 bits per heavy atom. The Kier molecular flexibility index (Phi) is 9.46. The van der Waals surface area contributed by atoms with E-state index in [-0.39, 0.29) is 5.92 Å². The smallest absolute Gasteiger partial charge is 0.303 e. The van der Waals surface area contributed by atoms with Gasteiger partial charge in [0.15, 0.2) is 12.3 Å². The van der Waals surface area contributed by atoms with Gasteiger partial charge < -0.3 is 28.4 Å². The molecule has 0 N–H and O–H groups in total. The number of allylic oxidation sites excluding steroid dienone is 3. The molecule has 0 spiro atoms. The zero-order valence-corrected chi connectivity index (χ0v) is 20.7. The second-order valence-electron chi connectivity index (χ2n) is 8.53. The number of carbonyl (C=O) groups excluding carboxylic acids is 3. The molecule has 196 valence electrons. The lowest BCUT2D eigenvalue weighted by atomic mass is 9.92. The Bertz CT molecular complexity index is 1000. The van der Waals surface area contributed by atoms with E-state index in [2.05, 4.69) is 0 Å². The Morgan fingerprint density at radius 3 is 2.33 bits per heavy atom. The van der Waals surface area contributed by atoms with E-state index in [0.717, 1.165) is 31.6 Å². The van der Waals surface area contributed by atoms with Crippen molar-refractivity contribution in [1.82, 2.24) is 0 Å². The lowest BCUT2D eigenvalue weighted by Crippen LogP contribution is -2.61. The Balaban J connectivity index is 1.86. The number of methoxy groups -OCH3 is 1. The van der Waals surface area contributed by atoms with E-state index in [1.54, 1.807) is 19.2 Å². The number of esters is 3. The van der Waals surface area contributed by atoms with Crippen LogP contribution in [0.5, 0.6) is 5.75 Å². The van der Waals surface area contributed by atoms with Crippen molar-refractivity contribution in [3.63, 3.8) is 0 Å². The third-order valence-electron chi connectivity index (χ3n) is 5.71. The fraction of sp³-hybridized carbons (Fsp3) is 0.500. The van der Waals surface area contributed by atoms with Crippen molar-refractivity contribution in [2.75, 3.05) is 13.7 Å². The Morgan fingerprint density at radius 1 is 1.03 bits per heavy atom. The quantitative estimate of drug-likeness (QED) is 0.369. The molecule has 1 aliphatic heterocycles. The van der Waals surface area contributed by atoms with Gasteiger partial charge >= 0.3 is 17.9 Å². The number of hydrogen-bond donors (Lipinski definition) is 0. The molecule has 1 saturated heterocycles. The summed E-state index contributed by atoms with van der Waals surface area (Å²) >= 11 is 0. The van der Waals surface area contributed by atoms with Crippen LogP contribution in [0.3, 0.4) is 0 Å². The highest BCUT2D eigenvalue weighted by atomic mass is 19.1. The summed E-state index contributed by atoms with van der Waals surface area (Å²) in [5.41, 5.74) is 0.842. The third-order valence-corrected chi connectivity index (χ3v) is 5.71. The minimum Gasteiger partial charge on any atom is -0.497 e. The fourth-order valence-corrected chi connectivity index (χ4v) is 4.08. The van der Waals surface area contributed by atoms with Crippen molar-refractivity contribution < 1.29 is 47.2 Å². The van der Waals surface area contributed by atoms with Gasteiger partial charge in [-0.25, -0.2) is 4.39 Å². The van der Waals surface area contributed by atoms with Gasteiger partial charge in [-0.1, -0.05) is 24.3 Å². The highest BCUT2D eigenvalue weighted by molar-refractivity contribution is 5.67. The SMILES string of the molecule is COC1=CCC(Cc2ccccc2OC2OC(COC(C)=O)C(F)C(OC(C)=O)C2OC(C)=O)C=C1. The van der Waals surface area contributed by atoms with Gasteiger partial charge in [-0.3, -0.25) is 14.4 Å². The molecule has 10 heteroatoms. The first kappa shape index (κ1) is 27.2. The average molecular weight is 507 g/mol. The first-order chi connectivity index (χ1) is 17.2. The van der Waals surface area contributed by atoms with Gasteiger partial charge in [-0.05, 0) is 42.5 Å².